The van der Waals surface area contributed by atoms with Crippen molar-refractivity contribution in [3.8, 4) is 17.2 Å². The number of carbonyl (C=O) groups excluding carboxylic acids is 1. The Labute approximate surface area is 193 Å². The van der Waals surface area contributed by atoms with Crippen LogP contribution >= 0.6 is 23.2 Å². The maximum absolute atomic E-state index is 12.9. The molecule has 3 aromatic heterocycles. The van der Waals surface area contributed by atoms with Crippen molar-refractivity contribution in [1.82, 2.24) is 34.1 Å². The van der Waals surface area contributed by atoms with E-state index >= 15 is 0 Å². The van der Waals surface area contributed by atoms with Crippen molar-refractivity contribution >= 4 is 29.0 Å². The smallest absolute Gasteiger partial charge is 0.288 e. The maximum atomic E-state index is 12.9. The third-order valence-corrected chi connectivity index (χ3v) is 4.98. The van der Waals surface area contributed by atoms with Crippen molar-refractivity contribution in [1.29, 1.82) is 0 Å². The Kier molecular flexibility index (Phi) is 6.04. The van der Waals surface area contributed by atoms with Crippen molar-refractivity contribution in [2.24, 2.45) is 0 Å². The van der Waals surface area contributed by atoms with Crippen molar-refractivity contribution < 1.29 is 18.0 Å². The van der Waals surface area contributed by atoms with Crippen LogP contribution in [0.1, 0.15) is 5.82 Å². The lowest BCUT2D eigenvalue weighted by Crippen LogP contribution is -2.33. The zero-order valence-corrected chi connectivity index (χ0v) is 17.9. The van der Waals surface area contributed by atoms with E-state index in [1.807, 2.05) is 0 Å². The highest BCUT2D eigenvalue weighted by Crippen LogP contribution is 2.22. The molecule has 170 valence electrons. The van der Waals surface area contributed by atoms with Gasteiger partial charge >= 0.3 is 11.9 Å². The molecule has 0 bridgehead atoms. The summed E-state index contributed by atoms with van der Waals surface area (Å²) in [7, 11) is 0. The van der Waals surface area contributed by atoms with E-state index in [0.29, 0.717) is 26.0 Å². The summed E-state index contributed by atoms with van der Waals surface area (Å²) in [6.45, 7) is -1.50. The minimum absolute atomic E-state index is 0.119. The van der Waals surface area contributed by atoms with Crippen molar-refractivity contribution in [2.45, 2.75) is 19.3 Å². The molecule has 0 saturated heterocycles. The molecule has 33 heavy (non-hydrogen) atoms. The molecule has 0 saturated carbocycles. The van der Waals surface area contributed by atoms with Gasteiger partial charge in [-0.15, -0.1) is 10.2 Å². The predicted molar refractivity (Wildman–Crippen MR) is 111 cm³/mol. The van der Waals surface area contributed by atoms with Gasteiger partial charge in [-0.25, -0.2) is 24.1 Å². The van der Waals surface area contributed by atoms with E-state index in [-0.39, 0.29) is 18.2 Å². The number of halogens is 5. The molecule has 0 aliphatic rings. The summed E-state index contributed by atoms with van der Waals surface area (Å²) in [4.78, 5) is 32.6. The molecule has 0 spiro atoms. The number of nitrogens with zero attached hydrogens (tertiary/aromatic N) is 7. The first kappa shape index (κ1) is 22.7. The summed E-state index contributed by atoms with van der Waals surface area (Å²) >= 11 is 11.9. The molecule has 1 aromatic carbocycles. The second-order valence-corrected chi connectivity index (χ2v) is 7.54. The topological polar surface area (TPSA) is 100 Å². The Morgan fingerprint density at radius 3 is 2.42 bits per heavy atom. The SMILES string of the molecule is O=C(Cn1c(-c2ccc(Cl)cc2)nn(Cc2ncn(-c3ncccc3Cl)n2)c1=O)C(F)(F)F. The number of ketones is 1. The number of Topliss-reactive ketones (excluding diaryl/α,β-unsaturated/α-hetero) is 1. The Balaban J connectivity index is 1.71. The molecule has 0 unspecified atom stereocenters. The zero-order chi connectivity index (χ0) is 23.8. The highest BCUT2D eigenvalue weighted by atomic mass is 35.5. The number of hydrogen-bond acceptors (Lipinski definition) is 6. The minimum atomic E-state index is -5.11. The number of pyridine rings is 1. The van der Waals surface area contributed by atoms with Gasteiger partial charge in [0.2, 0.25) is 0 Å². The summed E-state index contributed by atoms with van der Waals surface area (Å²) in [5, 5.41) is 8.99. The number of rotatable bonds is 6. The molecule has 4 aromatic rings. The van der Waals surface area contributed by atoms with E-state index in [2.05, 4.69) is 20.2 Å². The summed E-state index contributed by atoms with van der Waals surface area (Å²) in [6.07, 6.45) is -2.29. The number of aromatic nitrogens is 7. The van der Waals surface area contributed by atoms with Crippen LogP contribution in [0.4, 0.5) is 13.2 Å². The molecule has 0 aliphatic carbocycles. The average Bonchev–Trinajstić information content (AvgIpc) is 3.34. The summed E-state index contributed by atoms with van der Waals surface area (Å²) < 4.78 is 41.4. The van der Waals surface area contributed by atoms with Crippen molar-refractivity contribution in [3.63, 3.8) is 0 Å². The van der Waals surface area contributed by atoms with Crippen LogP contribution in [0.3, 0.4) is 0 Å². The largest absolute Gasteiger partial charge is 0.451 e. The van der Waals surface area contributed by atoms with E-state index < -0.39 is 24.2 Å². The summed E-state index contributed by atoms with van der Waals surface area (Å²) in [5.41, 5.74) is -0.645. The third-order valence-electron chi connectivity index (χ3n) is 4.43. The quantitative estimate of drug-likeness (QED) is 0.405. The zero-order valence-electron chi connectivity index (χ0n) is 16.4. The van der Waals surface area contributed by atoms with Crippen LogP contribution in [0.25, 0.3) is 17.2 Å². The van der Waals surface area contributed by atoms with E-state index in [1.54, 1.807) is 12.1 Å². The van der Waals surface area contributed by atoms with Gasteiger partial charge < -0.3 is 0 Å². The maximum Gasteiger partial charge on any atom is 0.451 e. The standard InChI is InChI=1S/C19H12Cl2F3N7O2/c20-12-5-3-11(4-6-12)16-28-30(18(33)29(16)8-14(32)19(22,23)24)9-15-26-10-31(27-15)17-13(21)2-1-7-25-17/h1-7,10H,8-9H2. The van der Waals surface area contributed by atoms with Crippen LogP contribution in [0, 0.1) is 0 Å². The molecule has 0 atom stereocenters. The van der Waals surface area contributed by atoms with Gasteiger partial charge in [-0.05, 0) is 36.4 Å². The third kappa shape index (κ3) is 4.81. The van der Waals surface area contributed by atoms with Crippen molar-refractivity contribution in [3.05, 3.63) is 75.3 Å². The highest BCUT2D eigenvalue weighted by Gasteiger charge is 2.39. The van der Waals surface area contributed by atoms with Crippen LogP contribution in [-0.2, 0) is 17.9 Å². The first-order chi connectivity index (χ1) is 15.6. The number of carbonyl (C=O) groups is 1. The Morgan fingerprint density at radius 1 is 1.03 bits per heavy atom. The van der Waals surface area contributed by atoms with E-state index in [4.69, 9.17) is 23.2 Å². The Bertz CT molecular complexity index is 1380. The van der Waals surface area contributed by atoms with E-state index in [1.165, 1.54) is 41.5 Å². The lowest BCUT2D eigenvalue weighted by Gasteiger charge is -2.07. The number of hydrogen-bond donors (Lipinski definition) is 0. The van der Waals surface area contributed by atoms with Gasteiger partial charge in [0.25, 0.3) is 5.78 Å². The molecule has 0 radical (unpaired) electrons. The van der Waals surface area contributed by atoms with Crippen LogP contribution in [0.2, 0.25) is 10.0 Å². The lowest BCUT2D eigenvalue weighted by molar-refractivity contribution is -0.171. The van der Waals surface area contributed by atoms with Crippen LogP contribution < -0.4 is 5.69 Å². The van der Waals surface area contributed by atoms with E-state index in [9.17, 15) is 22.8 Å². The average molecular weight is 498 g/mol. The van der Waals surface area contributed by atoms with Gasteiger partial charge in [-0.3, -0.25) is 9.36 Å². The predicted octanol–water partition coefficient (Wildman–Crippen LogP) is 3.17. The fourth-order valence-corrected chi connectivity index (χ4v) is 3.22. The molecular weight excluding hydrogens is 486 g/mol. The van der Waals surface area contributed by atoms with Gasteiger partial charge in [0, 0.05) is 16.8 Å². The second-order valence-electron chi connectivity index (χ2n) is 6.69. The van der Waals surface area contributed by atoms with Crippen LogP contribution in [0.5, 0.6) is 0 Å². The van der Waals surface area contributed by atoms with E-state index in [0.717, 1.165) is 4.68 Å². The molecule has 0 N–H and O–H groups in total. The lowest BCUT2D eigenvalue weighted by atomic mass is 10.2. The Hall–Kier alpha value is -3.51. The molecular formula is C19H12Cl2F3N7O2. The first-order valence-corrected chi connectivity index (χ1v) is 9.94. The fourth-order valence-electron chi connectivity index (χ4n) is 2.88. The van der Waals surface area contributed by atoms with Gasteiger partial charge in [-0.1, -0.05) is 23.2 Å². The Morgan fingerprint density at radius 2 is 1.76 bits per heavy atom. The van der Waals surface area contributed by atoms with Crippen LogP contribution in [0.15, 0.2) is 53.7 Å². The van der Waals surface area contributed by atoms with Crippen molar-refractivity contribution in [2.75, 3.05) is 0 Å². The monoisotopic (exact) mass is 497 g/mol. The van der Waals surface area contributed by atoms with Gasteiger partial charge in [0.15, 0.2) is 17.5 Å². The first-order valence-electron chi connectivity index (χ1n) is 9.18. The van der Waals surface area contributed by atoms with Gasteiger partial charge in [0.05, 0.1) is 11.6 Å². The summed E-state index contributed by atoms with van der Waals surface area (Å²) in [6, 6.07) is 9.15. The fraction of sp³-hybridized carbons (Fsp3) is 0.158. The number of benzene rings is 1. The summed E-state index contributed by atoms with van der Waals surface area (Å²) in [5.74, 6) is -1.81. The molecule has 0 fully saturated rings. The molecule has 0 amide bonds. The molecule has 3 heterocycles. The highest BCUT2D eigenvalue weighted by molar-refractivity contribution is 6.32. The normalized spacial score (nSPS) is 11.7. The number of alkyl halides is 3. The molecule has 9 nitrogen and oxygen atoms in total. The van der Waals surface area contributed by atoms with Crippen LogP contribution in [-0.4, -0.2) is 46.1 Å². The molecule has 14 heteroatoms. The van der Waals surface area contributed by atoms with Gasteiger partial charge in [-0.2, -0.15) is 13.2 Å². The minimum Gasteiger partial charge on any atom is -0.288 e. The van der Waals surface area contributed by atoms with Gasteiger partial charge in [0.1, 0.15) is 12.9 Å². The second kappa shape index (κ2) is 8.79. The molecule has 4 rings (SSSR count). The molecule has 0 aliphatic heterocycles.